The molecule has 0 atom stereocenters. The number of hydrogen-bond donors (Lipinski definition) is 2. The SMILES string of the molecule is [CH2]CCNS(=O)(=O)CCN. The van der Waals surface area contributed by atoms with E-state index in [0.29, 0.717) is 13.0 Å². The molecule has 0 bridgehead atoms. The molecule has 0 aliphatic heterocycles. The van der Waals surface area contributed by atoms with Crippen LogP contribution in [0.1, 0.15) is 6.42 Å². The van der Waals surface area contributed by atoms with E-state index in [0.717, 1.165) is 0 Å². The van der Waals surface area contributed by atoms with Crippen LogP contribution in [0.25, 0.3) is 0 Å². The van der Waals surface area contributed by atoms with Gasteiger partial charge in [-0.05, 0) is 6.42 Å². The lowest BCUT2D eigenvalue weighted by Crippen LogP contribution is -2.30. The largest absolute Gasteiger partial charge is 0.329 e. The van der Waals surface area contributed by atoms with Crippen molar-refractivity contribution in [1.29, 1.82) is 0 Å². The normalized spacial score (nSPS) is 11.8. The van der Waals surface area contributed by atoms with Crippen molar-refractivity contribution < 1.29 is 8.42 Å². The van der Waals surface area contributed by atoms with Crippen molar-refractivity contribution in [2.45, 2.75) is 6.42 Å². The number of nitrogens with two attached hydrogens (primary N) is 1. The Labute approximate surface area is 61.8 Å². The van der Waals surface area contributed by atoms with Crippen molar-refractivity contribution in [3.63, 3.8) is 0 Å². The van der Waals surface area contributed by atoms with Gasteiger partial charge in [0.15, 0.2) is 0 Å². The first kappa shape index (κ1) is 9.87. The Kier molecular flexibility index (Phi) is 4.59. The summed E-state index contributed by atoms with van der Waals surface area (Å²) in [4.78, 5) is 0. The van der Waals surface area contributed by atoms with Gasteiger partial charge in [-0.15, -0.1) is 0 Å². The third-order valence-electron chi connectivity index (χ3n) is 0.885. The van der Waals surface area contributed by atoms with E-state index in [1.807, 2.05) is 0 Å². The third-order valence-corrected chi connectivity index (χ3v) is 2.30. The van der Waals surface area contributed by atoms with Crippen LogP contribution in [-0.4, -0.2) is 27.3 Å². The molecule has 5 heteroatoms. The Hall–Kier alpha value is -0.130. The summed E-state index contributed by atoms with van der Waals surface area (Å²) < 4.78 is 23.9. The average Bonchev–Trinajstić information content (AvgIpc) is 1.84. The lowest BCUT2D eigenvalue weighted by atomic mass is 10.5. The van der Waals surface area contributed by atoms with Crippen molar-refractivity contribution in [2.75, 3.05) is 18.8 Å². The molecule has 0 heterocycles. The summed E-state index contributed by atoms with van der Waals surface area (Å²) >= 11 is 0. The molecule has 0 aromatic rings. The number of rotatable bonds is 5. The van der Waals surface area contributed by atoms with Gasteiger partial charge in [0.25, 0.3) is 0 Å². The minimum Gasteiger partial charge on any atom is -0.329 e. The Morgan fingerprint density at radius 3 is 2.50 bits per heavy atom. The molecule has 4 nitrogen and oxygen atoms in total. The van der Waals surface area contributed by atoms with E-state index in [9.17, 15) is 8.42 Å². The predicted octanol–water partition coefficient (Wildman–Crippen LogP) is -0.911. The van der Waals surface area contributed by atoms with Gasteiger partial charge in [0, 0.05) is 13.1 Å². The van der Waals surface area contributed by atoms with Crippen LogP contribution in [0.3, 0.4) is 0 Å². The Bertz CT molecular complexity index is 164. The highest BCUT2D eigenvalue weighted by atomic mass is 32.2. The molecule has 3 N–H and O–H groups in total. The van der Waals surface area contributed by atoms with E-state index in [4.69, 9.17) is 5.73 Å². The fourth-order valence-electron chi connectivity index (χ4n) is 0.455. The molecule has 0 aromatic heterocycles. The monoisotopic (exact) mass is 165 g/mol. The molecule has 10 heavy (non-hydrogen) atoms. The second kappa shape index (κ2) is 4.65. The van der Waals surface area contributed by atoms with E-state index in [1.54, 1.807) is 0 Å². The molecule has 0 spiro atoms. The number of hydrogen-bond acceptors (Lipinski definition) is 3. The van der Waals surface area contributed by atoms with E-state index in [2.05, 4.69) is 11.6 Å². The van der Waals surface area contributed by atoms with Crippen molar-refractivity contribution in [3.8, 4) is 0 Å². The van der Waals surface area contributed by atoms with Crippen LogP contribution in [0.5, 0.6) is 0 Å². The summed E-state index contributed by atoms with van der Waals surface area (Å²) in [6.07, 6.45) is 0.559. The lowest BCUT2D eigenvalue weighted by molar-refractivity contribution is 0.582. The topological polar surface area (TPSA) is 72.2 Å². The van der Waals surface area contributed by atoms with E-state index < -0.39 is 10.0 Å². The van der Waals surface area contributed by atoms with Crippen molar-refractivity contribution >= 4 is 10.0 Å². The highest BCUT2D eigenvalue weighted by Gasteiger charge is 2.05. The Morgan fingerprint density at radius 2 is 2.10 bits per heavy atom. The van der Waals surface area contributed by atoms with Gasteiger partial charge in [0.2, 0.25) is 10.0 Å². The van der Waals surface area contributed by atoms with Crippen LogP contribution in [0.2, 0.25) is 0 Å². The molecule has 61 valence electrons. The van der Waals surface area contributed by atoms with Gasteiger partial charge >= 0.3 is 0 Å². The molecule has 0 aromatic carbocycles. The molecule has 0 fully saturated rings. The van der Waals surface area contributed by atoms with Crippen LogP contribution in [0, 0.1) is 6.92 Å². The fourth-order valence-corrected chi connectivity index (χ4v) is 1.36. The second-order valence-electron chi connectivity index (χ2n) is 1.86. The van der Waals surface area contributed by atoms with Gasteiger partial charge < -0.3 is 5.73 Å². The predicted molar refractivity (Wildman–Crippen MR) is 40.8 cm³/mol. The summed E-state index contributed by atoms with van der Waals surface area (Å²) in [6.45, 7) is 4.04. The maximum Gasteiger partial charge on any atom is 0.212 e. The standard InChI is InChI=1S/C5H13N2O2S/c1-2-4-7-10(8,9)5-3-6/h7H,1-6H2. The maximum atomic E-state index is 10.8. The van der Waals surface area contributed by atoms with Crippen LogP contribution < -0.4 is 10.5 Å². The smallest absolute Gasteiger partial charge is 0.212 e. The molecule has 1 radical (unpaired) electrons. The average molecular weight is 165 g/mol. The first-order valence-corrected chi connectivity index (χ1v) is 4.74. The maximum absolute atomic E-state index is 10.8. The quantitative estimate of drug-likeness (QED) is 0.554. The van der Waals surface area contributed by atoms with Crippen molar-refractivity contribution in [2.24, 2.45) is 5.73 Å². The first-order valence-electron chi connectivity index (χ1n) is 3.09. The van der Waals surface area contributed by atoms with Gasteiger partial charge in [-0.3, -0.25) is 0 Å². The van der Waals surface area contributed by atoms with Gasteiger partial charge in [-0.1, -0.05) is 6.92 Å². The highest BCUT2D eigenvalue weighted by molar-refractivity contribution is 7.89. The summed E-state index contributed by atoms with van der Waals surface area (Å²) in [6, 6.07) is 0. The van der Waals surface area contributed by atoms with Crippen LogP contribution >= 0.6 is 0 Å². The molecule has 0 amide bonds. The molecule has 0 aliphatic rings. The zero-order chi connectivity index (χ0) is 8.04. The minimum absolute atomic E-state index is 0.00694. The lowest BCUT2D eigenvalue weighted by Gasteiger charge is -2.01. The molecule has 0 unspecified atom stereocenters. The Balaban J connectivity index is 3.65. The van der Waals surface area contributed by atoms with Gasteiger partial charge in [-0.2, -0.15) is 0 Å². The van der Waals surface area contributed by atoms with Crippen molar-refractivity contribution in [3.05, 3.63) is 6.92 Å². The van der Waals surface area contributed by atoms with Crippen LogP contribution in [0.15, 0.2) is 0 Å². The minimum atomic E-state index is -3.11. The summed E-state index contributed by atoms with van der Waals surface area (Å²) in [7, 11) is -3.11. The molecular formula is C5H13N2O2S. The van der Waals surface area contributed by atoms with Gasteiger partial charge in [0.1, 0.15) is 0 Å². The summed E-state index contributed by atoms with van der Waals surface area (Å²) in [5, 5.41) is 0. The zero-order valence-electron chi connectivity index (χ0n) is 5.84. The first-order chi connectivity index (χ1) is 4.62. The molecule has 0 rings (SSSR count). The van der Waals surface area contributed by atoms with Crippen LogP contribution in [0.4, 0.5) is 0 Å². The second-order valence-corrected chi connectivity index (χ2v) is 3.78. The fraction of sp³-hybridized carbons (Fsp3) is 0.800. The summed E-state index contributed by atoms with van der Waals surface area (Å²) in [5.74, 6) is -0.00694. The highest BCUT2D eigenvalue weighted by Crippen LogP contribution is 1.81. The third kappa shape index (κ3) is 4.72. The summed E-state index contributed by atoms with van der Waals surface area (Å²) in [5.41, 5.74) is 5.05. The Morgan fingerprint density at radius 1 is 1.50 bits per heavy atom. The van der Waals surface area contributed by atoms with E-state index in [1.165, 1.54) is 0 Å². The number of nitrogens with one attached hydrogen (secondary N) is 1. The van der Waals surface area contributed by atoms with E-state index in [-0.39, 0.29) is 12.3 Å². The van der Waals surface area contributed by atoms with Gasteiger partial charge in [0.05, 0.1) is 5.75 Å². The van der Waals surface area contributed by atoms with Crippen LogP contribution in [-0.2, 0) is 10.0 Å². The number of sulfonamides is 1. The molecule has 0 aliphatic carbocycles. The zero-order valence-corrected chi connectivity index (χ0v) is 6.65. The molecular weight excluding hydrogens is 152 g/mol. The molecule has 0 saturated carbocycles. The molecule has 0 saturated heterocycles. The van der Waals surface area contributed by atoms with Crippen molar-refractivity contribution in [1.82, 2.24) is 4.72 Å². The van der Waals surface area contributed by atoms with Gasteiger partial charge in [-0.25, -0.2) is 13.1 Å². The van der Waals surface area contributed by atoms with E-state index >= 15 is 0 Å².